The van der Waals surface area contributed by atoms with Crippen molar-refractivity contribution in [1.29, 1.82) is 0 Å². The summed E-state index contributed by atoms with van der Waals surface area (Å²) in [6, 6.07) is 22.6. The Hall–Kier alpha value is -4.15. The van der Waals surface area contributed by atoms with Crippen LogP contribution in [0.4, 0.5) is 17.1 Å². The Labute approximate surface area is 229 Å². The number of rotatable bonds is 8. The van der Waals surface area contributed by atoms with Crippen LogP contribution in [0.3, 0.4) is 0 Å². The van der Waals surface area contributed by atoms with Crippen molar-refractivity contribution < 1.29 is 21.6 Å². The summed E-state index contributed by atoms with van der Waals surface area (Å²) in [4.78, 5) is 13.0. The lowest BCUT2D eigenvalue weighted by atomic mass is 10.1. The van der Waals surface area contributed by atoms with Gasteiger partial charge in [0.05, 0.1) is 15.5 Å². The van der Waals surface area contributed by atoms with Gasteiger partial charge in [0, 0.05) is 16.9 Å². The van der Waals surface area contributed by atoms with Crippen LogP contribution in [0.15, 0.2) is 94.7 Å². The molecule has 0 aliphatic heterocycles. The van der Waals surface area contributed by atoms with E-state index >= 15 is 0 Å². The van der Waals surface area contributed by atoms with Crippen LogP contribution >= 0.6 is 0 Å². The van der Waals surface area contributed by atoms with Crippen LogP contribution in [0.2, 0.25) is 0 Å². The molecule has 202 valence electrons. The third-order valence-electron chi connectivity index (χ3n) is 6.10. The molecule has 4 aromatic carbocycles. The monoisotopic (exact) mass is 563 g/mol. The molecular formula is C29H29N3O5S2. The molecule has 0 bridgehead atoms. The van der Waals surface area contributed by atoms with Crippen molar-refractivity contribution in [2.45, 2.75) is 37.5 Å². The third-order valence-corrected chi connectivity index (χ3v) is 9.01. The molecule has 39 heavy (non-hydrogen) atoms. The number of carbonyl (C=O) groups excluding carboxylic acids is 1. The van der Waals surface area contributed by atoms with Crippen molar-refractivity contribution >= 4 is 43.0 Å². The fraction of sp³-hybridized carbons (Fsp3) is 0.138. The molecular weight excluding hydrogens is 534 g/mol. The van der Waals surface area contributed by atoms with E-state index in [4.69, 9.17) is 0 Å². The molecule has 3 N–H and O–H groups in total. The Balaban J connectivity index is 1.51. The Morgan fingerprint density at radius 1 is 0.590 bits per heavy atom. The van der Waals surface area contributed by atoms with Crippen LogP contribution in [0, 0.1) is 27.7 Å². The zero-order chi connectivity index (χ0) is 28.4. The average molecular weight is 564 g/mol. The van der Waals surface area contributed by atoms with E-state index in [-0.39, 0.29) is 15.4 Å². The zero-order valence-electron chi connectivity index (χ0n) is 21.9. The predicted octanol–water partition coefficient (Wildman–Crippen LogP) is 5.77. The number of anilines is 3. The van der Waals surface area contributed by atoms with Crippen molar-refractivity contribution in [3.05, 3.63) is 113 Å². The van der Waals surface area contributed by atoms with Crippen molar-refractivity contribution in [2.24, 2.45) is 0 Å². The van der Waals surface area contributed by atoms with Crippen LogP contribution in [0.25, 0.3) is 0 Å². The van der Waals surface area contributed by atoms with Crippen molar-refractivity contribution in [3.63, 3.8) is 0 Å². The maximum Gasteiger partial charge on any atom is 0.262 e. The molecule has 0 spiro atoms. The number of aryl methyl sites for hydroxylation is 4. The number of hydrogen-bond donors (Lipinski definition) is 3. The minimum absolute atomic E-state index is 0.0142. The predicted molar refractivity (Wildman–Crippen MR) is 154 cm³/mol. The number of sulfonamides is 2. The molecule has 4 rings (SSSR count). The molecule has 0 fully saturated rings. The normalized spacial score (nSPS) is 11.6. The standard InChI is InChI=1S/C29H29N3O5S2/c1-19-6-11-25(12-7-19)31-38(34,35)26-15-13-24(14-16-26)30-29(33)23-10-9-22(4)28(18-23)39(36,37)32-27-17-20(2)5-8-21(27)3/h5-18,31-32H,1-4H3,(H,30,33). The second kappa shape index (κ2) is 10.9. The molecule has 0 saturated heterocycles. The van der Waals surface area contributed by atoms with Gasteiger partial charge in [0.1, 0.15) is 0 Å². The molecule has 0 atom stereocenters. The fourth-order valence-electron chi connectivity index (χ4n) is 3.83. The number of carbonyl (C=O) groups is 1. The van der Waals surface area contributed by atoms with Crippen molar-refractivity contribution in [1.82, 2.24) is 0 Å². The van der Waals surface area contributed by atoms with Gasteiger partial charge >= 0.3 is 0 Å². The first-order chi connectivity index (χ1) is 18.3. The third kappa shape index (κ3) is 6.65. The summed E-state index contributed by atoms with van der Waals surface area (Å²) in [5, 5.41) is 2.69. The van der Waals surface area contributed by atoms with E-state index < -0.39 is 26.0 Å². The molecule has 0 unspecified atom stereocenters. The lowest BCUT2D eigenvalue weighted by Gasteiger charge is -2.14. The van der Waals surface area contributed by atoms with Crippen LogP contribution in [0.5, 0.6) is 0 Å². The molecule has 4 aromatic rings. The number of amides is 1. The van der Waals surface area contributed by atoms with Crippen LogP contribution in [-0.4, -0.2) is 22.7 Å². The summed E-state index contributed by atoms with van der Waals surface area (Å²) in [5.74, 6) is -0.536. The maximum atomic E-state index is 13.2. The topological polar surface area (TPSA) is 121 Å². The minimum Gasteiger partial charge on any atom is -0.322 e. The van der Waals surface area contributed by atoms with Gasteiger partial charge in [-0.2, -0.15) is 0 Å². The second-order valence-electron chi connectivity index (χ2n) is 9.35. The van der Waals surface area contributed by atoms with Crippen LogP contribution in [-0.2, 0) is 20.0 Å². The van der Waals surface area contributed by atoms with E-state index in [1.54, 1.807) is 43.3 Å². The quantitative estimate of drug-likeness (QED) is 0.251. The van der Waals surface area contributed by atoms with Gasteiger partial charge in [-0.1, -0.05) is 35.9 Å². The van der Waals surface area contributed by atoms with E-state index in [1.165, 1.54) is 36.4 Å². The highest BCUT2D eigenvalue weighted by molar-refractivity contribution is 7.93. The van der Waals surface area contributed by atoms with Gasteiger partial charge in [-0.25, -0.2) is 16.8 Å². The first-order valence-electron chi connectivity index (χ1n) is 12.1. The Kier molecular flexibility index (Phi) is 7.80. The Bertz CT molecular complexity index is 1750. The van der Waals surface area contributed by atoms with Crippen molar-refractivity contribution in [2.75, 3.05) is 14.8 Å². The van der Waals surface area contributed by atoms with E-state index in [9.17, 15) is 21.6 Å². The highest BCUT2D eigenvalue weighted by atomic mass is 32.2. The highest BCUT2D eigenvalue weighted by Gasteiger charge is 2.21. The molecule has 0 aromatic heterocycles. The lowest BCUT2D eigenvalue weighted by molar-refractivity contribution is 0.102. The number of nitrogens with one attached hydrogen (secondary N) is 3. The number of benzene rings is 4. The van der Waals surface area contributed by atoms with Crippen LogP contribution in [0.1, 0.15) is 32.6 Å². The van der Waals surface area contributed by atoms with Gasteiger partial charge in [0.15, 0.2) is 0 Å². The van der Waals surface area contributed by atoms with Gasteiger partial charge < -0.3 is 5.32 Å². The van der Waals surface area contributed by atoms with Gasteiger partial charge in [-0.3, -0.25) is 14.2 Å². The summed E-state index contributed by atoms with van der Waals surface area (Å²) in [6.07, 6.45) is 0. The summed E-state index contributed by atoms with van der Waals surface area (Å²) in [6.45, 7) is 7.24. The molecule has 1 amide bonds. The minimum atomic E-state index is -3.97. The molecule has 0 radical (unpaired) electrons. The Morgan fingerprint density at radius 2 is 1.18 bits per heavy atom. The van der Waals surface area contributed by atoms with Gasteiger partial charge in [-0.15, -0.1) is 0 Å². The SMILES string of the molecule is Cc1ccc(NS(=O)(=O)c2ccc(NC(=O)c3ccc(C)c(S(=O)(=O)Nc4cc(C)ccc4C)c3)cc2)cc1. The molecule has 0 saturated carbocycles. The van der Waals surface area contributed by atoms with E-state index in [0.29, 0.717) is 22.6 Å². The smallest absolute Gasteiger partial charge is 0.262 e. The molecule has 0 aliphatic rings. The summed E-state index contributed by atoms with van der Waals surface area (Å²) < 4.78 is 57.0. The lowest BCUT2D eigenvalue weighted by Crippen LogP contribution is -2.18. The summed E-state index contributed by atoms with van der Waals surface area (Å²) in [5.41, 5.74) is 4.58. The molecule has 0 aliphatic carbocycles. The maximum absolute atomic E-state index is 13.2. The highest BCUT2D eigenvalue weighted by Crippen LogP contribution is 2.25. The average Bonchev–Trinajstić information content (AvgIpc) is 2.88. The van der Waals surface area contributed by atoms with Crippen molar-refractivity contribution in [3.8, 4) is 0 Å². The summed E-state index contributed by atoms with van der Waals surface area (Å²) >= 11 is 0. The fourth-order valence-corrected chi connectivity index (χ4v) is 6.28. The van der Waals surface area contributed by atoms with E-state index in [1.807, 2.05) is 32.9 Å². The first-order valence-corrected chi connectivity index (χ1v) is 15.0. The molecule has 10 heteroatoms. The van der Waals surface area contributed by atoms with Crippen LogP contribution < -0.4 is 14.8 Å². The molecule has 0 heterocycles. The van der Waals surface area contributed by atoms with E-state index in [0.717, 1.165) is 16.7 Å². The molecule has 8 nitrogen and oxygen atoms in total. The largest absolute Gasteiger partial charge is 0.322 e. The van der Waals surface area contributed by atoms with Gasteiger partial charge in [-0.05, 0) is 99.0 Å². The first kappa shape index (κ1) is 27.9. The summed E-state index contributed by atoms with van der Waals surface area (Å²) in [7, 11) is -7.78. The second-order valence-corrected chi connectivity index (χ2v) is 12.7. The number of hydrogen-bond acceptors (Lipinski definition) is 5. The van der Waals surface area contributed by atoms with Gasteiger partial charge in [0.2, 0.25) is 0 Å². The van der Waals surface area contributed by atoms with E-state index in [2.05, 4.69) is 14.8 Å². The Morgan fingerprint density at radius 3 is 1.85 bits per heavy atom. The zero-order valence-corrected chi connectivity index (χ0v) is 23.6. The van der Waals surface area contributed by atoms with Gasteiger partial charge in [0.25, 0.3) is 26.0 Å².